The minimum atomic E-state index is -1.15. The summed E-state index contributed by atoms with van der Waals surface area (Å²) in [6.45, 7) is 2.13. The fourth-order valence-electron chi connectivity index (χ4n) is 6.64. The molecule has 1 saturated heterocycles. The number of piperidine rings is 1. The van der Waals surface area contributed by atoms with Gasteiger partial charge in [-0.25, -0.2) is 14.2 Å². The van der Waals surface area contributed by atoms with E-state index in [2.05, 4.69) is 9.88 Å². The molecule has 0 spiro atoms. The van der Waals surface area contributed by atoms with Gasteiger partial charge in [0.1, 0.15) is 29.0 Å². The molecule has 2 aromatic carbocycles. The Morgan fingerprint density at radius 3 is 2.62 bits per heavy atom. The number of benzene rings is 2. The van der Waals surface area contributed by atoms with Crippen molar-refractivity contribution < 1.29 is 28.6 Å². The van der Waals surface area contributed by atoms with E-state index in [9.17, 15) is 19.4 Å². The number of carboxylic acids is 1. The second-order valence-corrected chi connectivity index (χ2v) is 11.2. The number of nitrogens with zero attached hydrogens (tertiary/aromatic N) is 2. The van der Waals surface area contributed by atoms with Crippen molar-refractivity contribution in [1.29, 1.82) is 0 Å². The molecule has 6 rings (SSSR count). The number of pyridine rings is 1. The maximum atomic E-state index is 14.4. The topological polar surface area (TPSA) is 96.0 Å². The molecule has 3 heterocycles. The second kappa shape index (κ2) is 11.5. The van der Waals surface area contributed by atoms with E-state index in [0.29, 0.717) is 40.3 Å². The van der Waals surface area contributed by atoms with E-state index < -0.39 is 17.8 Å². The molecular weight excluding hydrogens is 511 g/mol. The number of aromatic hydroxyl groups is 1. The van der Waals surface area contributed by atoms with Crippen LogP contribution >= 0.6 is 0 Å². The molecule has 2 aliphatic rings. The first-order valence-electron chi connectivity index (χ1n) is 14.4. The SMILES string of the molecule is O=C(O)c1coc2c1c(C(c1ccnc(OCCC3CCCCC3)c1)N1CCCCC1)c(O)c1cc(F)ccc12. The molecule has 2 aromatic heterocycles. The van der Waals surface area contributed by atoms with Gasteiger partial charge in [0.05, 0.1) is 12.6 Å². The highest BCUT2D eigenvalue weighted by molar-refractivity contribution is 6.15. The van der Waals surface area contributed by atoms with E-state index in [-0.39, 0.29) is 16.7 Å². The Labute approximate surface area is 232 Å². The molecule has 0 amide bonds. The van der Waals surface area contributed by atoms with Gasteiger partial charge in [-0.2, -0.15) is 0 Å². The van der Waals surface area contributed by atoms with Crippen molar-refractivity contribution in [3.8, 4) is 11.6 Å². The number of hydrogen-bond acceptors (Lipinski definition) is 6. The van der Waals surface area contributed by atoms with Gasteiger partial charge in [0.2, 0.25) is 5.88 Å². The van der Waals surface area contributed by atoms with E-state index in [1.54, 1.807) is 6.20 Å². The highest BCUT2D eigenvalue weighted by Crippen LogP contribution is 2.47. The van der Waals surface area contributed by atoms with Crippen LogP contribution in [0.15, 0.2) is 47.2 Å². The molecule has 2 N–H and O–H groups in total. The number of halogens is 1. The Kier molecular flexibility index (Phi) is 7.61. The number of phenolic OH excluding ortho intramolecular Hbond substituents is 1. The molecule has 0 radical (unpaired) electrons. The lowest BCUT2D eigenvalue weighted by Crippen LogP contribution is -2.34. The van der Waals surface area contributed by atoms with Gasteiger partial charge >= 0.3 is 5.97 Å². The second-order valence-electron chi connectivity index (χ2n) is 11.2. The summed E-state index contributed by atoms with van der Waals surface area (Å²) in [7, 11) is 0. The summed E-state index contributed by atoms with van der Waals surface area (Å²) < 4.78 is 26.3. The van der Waals surface area contributed by atoms with Crippen LogP contribution in [0.4, 0.5) is 4.39 Å². The Bertz CT molecular complexity index is 1520. The van der Waals surface area contributed by atoms with Crippen LogP contribution in [-0.4, -0.2) is 45.8 Å². The number of hydrogen-bond donors (Lipinski definition) is 2. The number of aromatic nitrogens is 1. The van der Waals surface area contributed by atoms with Crippen LogP contribution < -0.4 is 4.74 Å². The summed E-state index contributed by atoms with van der Waals surface area (Å²) >= 11 is 0. The van der Waals surface area contributed by atoms with Gasteiger partial charge in [0.25, 0.3) is 0 Å². The largest absolute Gasteiger partial charge is 0.507 e. The Hall–Kier alpha value is -3.65. The molecule has 0 bridgehead atoms. The summed E-state index contributed by atoms with van der Waals surface area (Å²) in [5, 5.41) is 22.9. The highest BCUT2D eigenvalue weighted by atomic mass is 19.1. The van der Waals surface area contributed by atoms with Crippen LogP contribution in [0, 0.1) is 11.7 Å². The van der Waals surface area contributed by atoms with Gasteiger partial charge in [-0.15, -0.1) is 0 Å². The zero-order chi connectivity index (χ0) is 27.6. The zero-order valence-electron chi connectivity index (χ0n) is 22.6. The first-order valence-corrected chi connectivity index (χ1v) is 14.4. The van der Waals surface area contributed by atoms with Crippen LogP contribution in [0.25, 0.3) is 21.7 Å². The molecule has 1 aliphatic heterocycles. The van der Waals surface area contributed by atoms with Crippen LogP contribution in [0.5, 0.6) is 11.6 Å². The smallest absolute Gasteiger partial charge is 0.339 e. The lowest BCUT2D eigenvalue weighted by molar-refractivity contribution is 0.0697. The number of fused-ring (bicyclic) bond motifs is 3. The number of rotatable bonds is 8. The number of phenols is 1. The molecule has 40 heavy (non-hydrogen) atoms. The van der Waals surface area contributed by atoms with E-state index >= 15 is 0 Å². The molecule has 2 fully saturated rings. The van der Waals surface area contributed by atoms with Crippen LogP contribution in [-0.2, 0) is 0 Å². The van der Waals surface area contributed by atoms with Crippen molar-refractivity contribution in [3.05, 3.63) is 65.3 Å². The van der Waals surface area contributed by atoms with Crippen molar-refractivity contribution in [2.45, 2.75) is 63.8 Å². The number of likely N-dealkylation sites (tertiary alicyclic amines) is 1. The van der Waals surface area contributed by atoms with Crippen LogP contribution in [0.1, 0.15) is 85.3 Å². The van der Waals surface area contributed by atoms with Crippen LogP contribution in [0.3, 0.4) is 0 Å². The maximum Gasteiger partial charge on any atom is 0.339 e. The fourth-order valence-corrected chi connectivity index (χ4v) is 6.64. The van der Waals surface area contributed by atoms with Crippen molar-refractivity contribution in [3.63, 3.8) is 0 Å². The predicted molar refractivity (Wildman–Crippen MR) is 150 cm³/mol. The van der Waals surface area contributed by atoms with Crippen molar-refractivity contribution >= 4 is 27.7 Å². The Morgan fingerprint density at radius 1 is 1.07 bits per heavy atom. The Balaban J connectivity index is 1.46. The maximum absolute atomic E-state index is 14.4. The summed E-state index contributed by atoms with van der Waals surface area (Å²) in [5.41, 5.74) is 1.52. The van der Waals surface area contributed by atoms with E-state index in [0.717, 1.165) is 44.3 Å². The molecule has 8 heteroatoms. The van der Waals surface area contributed by atoms with Crippen molar-refractivity contribution in [1.82, 2.24) is 9.88 Å². The average Bonchev–Trinajstić information content (AvgIpc) is 3.42. The summed E-state index contributed by atoms with van der Waals surface area (Å²) in [5.74, 6) is -0.594. The van der Waals surface area contributed by atoms with Crippen molar-refractivity contribution in [2.75, 3.05) is 19.7 Å². The third-order valence-corrected chi connectivity index (χ3v) is 8.63. The van der Waals surface area contributed by atoms with E-state index in [1.807, 2.05) is 12.1 Å². The normalized spacial score (nSPS) is 17.8. The molecular formula is C32H35FN2O5. The number of carbonyl (C=O) groups is 1. The standard InChI is InChI=1S/C32H35FN2O5/c33-22-9-10-23-24(18-22)30(36)28(27-25(32(37)38)19-40-31(23)27)29(35-14-5-2-6-15-35)21-11-13-34-26(17-21)39-16-12-20-7-3-1-4-8-20/h9-11,13,17-20,29,36H,1-8,12,14-16H2,(H,37,38). The summed E-state index contributed by atoms with van der Waals surface area (Å²) in [6.07, 6.45) is 13.4. The third-order valence-electron chi connectivity index (χ3n) is 8.63. The first kappa shape index (κ1) is 26.6. The van der Waals surface area contributed by atoms with Gasteiger partial charge in [0, 0.05) is 34.0 Å². The molecule has 1 saturated carbocycles. The van der Waals surface area contributed by atoms with Gasteiger partial charge in [-0.05, 0) is 68.1 Å². The predicted octanol–water partition coefficient (Wildman–Crippen LogP) is 7.45. The quantitative estimate of drug-likeness (QED) is 0.237. The number of carboxylic acid groups (broad SMARTS) is 1. The third kappa shape index (κ3) is 5.12. The minimum Gasteiger partial charge on any atom is -0.507 e. The highest BCUT2D eigenvalue weighted by Gasteiger charge is 2.33. The minimum absolute atomic E-state index is 0.0356. The molecule has 1 atom stereocenters. The average molecular weight is 547 g/mol. The number of ether oxygens (including phenoxy) is 1. The summed E-state index contributed by atoms with van der Waals surface area (Å²) in [4.78, 5) is 19.0. The van der Waals surface area contributed by atoms with E-state index in [1.165, 1.54) is 56.6 Å². The number of aromatic carboxylic acids is 1. The van der Waals surface area contributed by atoms with Crippen molar-refractivity contribution in [2.24, 2.45) is 5.92 Å². The first-order chi connectivity index (χ1) is 19.5. The molecule has 210 valence electrons. The van der Waals surface area contributed by atoms with Gasteiger partial charge < -0.3 is 19.4 Å². The zero-order valence-corrected chi connectivity index (χ0v) is 22.6. The molecule has 1 unspecified atom stereocenters. The van der Waals surface area contributed by atoms with Gasteiger partial charge in [-0.3, -0.25) is 4.90 Å². The van der Waals surface area contributed by atoms with E-state index in [4.69, 9.17) is 9.15 Å². The molecule has 4 aromatic rings. The fraction of sp³-hybridized carbons (Fsp3) is 0.438. The summed E-state index contributed by atoms with van der Waals surface area (Å²) in [6, 6.07) is 7.35. The van der Waals surface area contributed by atoms with Gasteiger partial charge in [-0.1, -0.05) is 38.5 Å². The molecule has 1 aliphatic carbocycles. The van der Waals surface area contributed by atoms with Gasteiger partial charge in [0.15, 0.2) is 0 Å². The number of furan rings is 1. The monoisotopic (exact) mass is 546 g/mol. The lowest BCUT2D eigenvalue weighted by Gasteiger charge is -2.36. The molecule has 7 nitrogen and oxygen atoms in total. The lowest BCUT2D eigenvalue weighted by atomic mass is 9.87. The van der Waals surface area contributed by atoms with Crippen LogP contribution in [0.2, 0.25) is 0 Å². The Morgan fingerprint density at radius 2 is 1.85 bits per heavy atom.